The van der Waals surface area contributed by atoms with E-state index in [0.29, 0.717) is 23.5 Å². The van der Waals surface area contributed by atoms with Crippen LogP contribution in [-0.2, 0) is 34.1 Å². The average Bonchev–Trinajstić information content (AvgIpc) is 3.18. The molecule has 1 aliphatic heterocycles. The van der Waals surface area contributed by atoms with Crippen molar-refractivity contribution in [1.29, 1.82) is 0 Å². The van der Waals surface area contributed by atoms with Crippen molar-refractivity contribution in [3.63, 3.8) is 0 Å². The maximum atomic E-state index is 14.1. The molecule has 10 heteroatoms. The maximum Gasteiger partial charge on any atom is 0.270 e. The first-order valence-corrected chi connectivity index (χ1v) is 12.5. The average molecular weight is 501 g/mol. The SMILES string of the molecule is CC(C)(C)c1ccc(N2CCc3nc(NC(=O)Cc4ccc(S(=O)[O-])cc4F)sc3C2=O)cc1. The van der Waals surface area contributed by atoms with E-state index < -0.39 is 22.8 Å². The molecule has 0 aliphatic carbocycles. The Morgan fingerprint density at radius 2 is 1.94 bits per heavy atom. The lowest BCUT2D eigenvalue weighted by Crippen LogP contribution is -2.36. The molecule has 0 spiro atoms. The maximum absolute atomic E-state index is 14.1. The van der Waals surface area contributed by atoms with Crippen molar-refractivity contribution >= 4 is 45.1 Å². The fraction of sp³-hybridized carbons (Fsp3) is 0.292. The third-order valence-corrected chi connectivity index (χ3v) is 7.21. The van der Waals surface area contributed by atoms with Crippen LogP contribution in [0, 0.1) is 5.82 Å². The minimum atomic E-state index is -2.55. The van der Waals surface area contributed by atoms with Gasteiger partial charge in [-0.1, -0.05) is 50.3 Å². The predicted octanol–water partition coefficient (Wildman–Crippen LogP) is 4.20. The molecule has 1 aliphatic rings. The van der Waals surface area contributed by atoms with Gasteiger partial charge in [0, 0.05) is 23.5 Å². The third-order valence-electron chi connectivity index (χ3n) is 5.57. The third kappa shape index (κ3) is 5.08. The topological polar surface area (TPSA) is 102 Å². The first kappa shape index (κ1) is 24.2. The fourth-order valence-electron chi connectivity index (χ4n) is 3.68. The molecule has 7 nitrogen and oxygen atoms in total. The van der Waals surface area contributed by atoms with E-state index in [-0.39, 0.29) is 33.3 Å². The molecule has 0 fully saturated rings. The molecule has 0 saturated carbocycles. The Bertz CT molecular complexity index is 1280. The van der Waals surface area contributed by atoms with Gasteiger partial charge in [-0.3, -0.25) is 13.8 Å². The van der Waals surface area contributed by atoms with Crippen LogP contribution in [0.25, 0.3) is 0 Å². The number of rotatable bonds is 5. The highest BCUT2D eigenvalue weighted by Crippen LogP contribution is 2.32. The number of fused-ring (bicyclic) bond motifs is 1. The number of amides is 2. The highest BCUT2D eigenvalue weighted by molar-refractivity contribution is 7.79. The Labute approximate surface area is 203 Å². The minimum Gasteiger partial charge on any atom is -0.768 e. The molecule has 3 aromatic rings. The Hall–Kier alpha value is -2.95. The molecule has 0 bridgehead atoms. The number of hydrogen-bond acceptors (Lipinski definition) is 6. The highest BCUT2D eigenvalue weighted by atomic mass is 32.2. The lowest BCUT2D eigenvalue weighted by atomic mass is 9.87. The second-order valence-corrected chi connectivity index (χ2v) is 11.0. The number of aromatic nitrogens is 1. The molecule has 1 aromatic heterocycles. The van der Waals surface area contributed by atoms with Gasteiger partial charge in [-0.2, -0.15) is 0 Å². The van der Waals surface area contributed by atoms with E-state index in [4.69, 9.17) is 0 Å². The summed E-state index contributed by atoms with van der Waals surface area (Å²) in [7, 11) is 0. The molecule has 0 saturated heterocycles. The first-order chi connectivity index (χ1) is 16.0. The predicted molar refractivity (Wildman–Crippen MR) is 129 cm³/mol. The van der Waals surface area contributed by atoms with Gasteiger partial charge in [0.2, 0.25) is 5.91 Å². The van der Waals surface area contributed by atoms with Gasteiger partial charge in [0.1, 0.15) is 10.7 Å². The van der Waals surface area contributed by atoms with Crippen molar-refractivity contribution in [2.75, 3.05) is 16.8 Å². The van der Waals surface area contributed by atoms with Crippen LogP contribution in [0.3, 0.4) is 0 Å². The number of hydrogen-bond donors (Lipinski definition) is 1. The van der Waals surface area contributed by atoms with Gasteiger partial charge in [-0.05, 0) is 51.9 Å². The molecule has 2 aromatic carbocycles. The Kier molecular flexibility index (Phi) is 6.66. The van der Waals surface area contributed by atoms with Crippen LogP contribution in [-0.4, -0.2) is 32.1 Å². The summed E-state index contributed by atoms with van der Waals surface area (Å²) >= 11 is -1.46. The Balaban J connectivity index is 1.46. The number of nitrogens with one attached hydrogen (secondary N) is 1. The zero-order valence-electron chi connectivity index (χ0n) is 18.9. The number of thiazole rings is 1. The first-order valence-electron chi connectivity index (χ1n) is 10.6. The van der Waals surface area contributed by atoms with Crippen LogP contribution in [0.5, 0.6) is 0 Å². The molecule has 178 valence electrons. The van der Waals surface area contributed by atoms with Crippen LogP contribution in [0.1, 0.15) is 47.3 Å². The lowest BCUT2D eigenvalue weighted by molar-refractivity contribution is -0.115. The number of carbonyl (C=O) groups is 2. The summed E-state index contributed by atoms with van der Waals surface area (Å²) in [5, 5.41) is 2.89. The molecule has 1 N–H and O–H groups in total. The Morgan fingerprint density at radius 1 is 1.24 bits per heavy atom. The summed E-state index contributed by atoms with van der Waals surface area (Å²) in [6, 6.07) is 11.3. The van der Waals surface area contributed by atoms with Crippen molar-refractivity contribution in [3.8, 4) is 0 Å². The van der Waals surface area contributed by atoms with E-state index in [1.54, 1.807) is 4.90 Å². The van der Waals surface area contributed by atoms with E-state index >= 15 is 0 Å². The zero-order chi connectivity index (χ0) is 24.6. The van der Waals surface area contributed by atoms with Crippen LogP contribution in [0.15, 0.2) is 47.4 Å². The molecule has 1 unspecified atom stereocenters. The van der Waals surface area contributed by atoms with Crippen molar-refractivity contribution < 1.29 is 22.7 Å². The second kappa shape index (κ2) is 9.36. The largest absolute Gasteiger partial charge is 0.768 e. The summed E-state index contributed by atoms with van der Waals surface area (Å²) in [4.78, 5) is 31.9. The molecule has 4 rings (SSSR count). The summed E-state index contributed by atoms with van der Waals surface area (Å²) in [6.07, 6.45) is 0.263. The lowest BCUT2D eigenvalue weighted by Gasteiger charge is -2.27. The number of nitrogens with zero attached hydrogens (tertiary/aromatic N) is 2. The minimum absolute atomic E-state index is 0.0161. The number of carbonyl (C=O) groups excluding carboxylic acids is 2. The van der Waals surface area contributed by atoms with Gasteiger partial charge >= 0.3 is 0 Å². The normalized spacial score (nSPS) is 14.6. The van der Waals surface area contributed by atoms with E-state index in [1.165, 1.54) is 17.7 Å². The van der Waals surface area contributed by atoms with Crippen LogP contribution in [0.4, 0.5) is 15.2 Å². The fourth-order valence-corrected chi connectivity index (χ4v) is 5.04. The standard InChI is InChI=1S/C24H24FN3O4S2/c1-24(2,3)15-5-7-16(8-6-15)28-11-10-19-21(22(28)30)33-23(26-19)27-20(29)12-14-4-9-17(34(31)32)13-18(14)25/h4-9,13H,10-12H2,1-3H3,(H,31,32)(H,26,27,29)/p-1. The summed E-state index contributed by atoms with van der Waals surface area (Å²) < 4.78 is 36.0. The smallest absolute Gasteiger partial charge is 0.270 e. The number of benzene rings is 2. The monoisotopic (exact) mass is 500 g/mol. The van der Waals surface area contributed by atoms with Gasteiger partial charge in [0.25, 0.3) is 5.91 Å². The molecule has 1 atom stereocenters. The van der Waals surface area contributed by atoms with E-state index in [2.05, 4.69) is 31.1 Å². The van der Waals surface area contributed by atoms with Crippen molar-refractivity contribution in [1.82, 2.24) is 4.98 Å². The molecular formula is C24H23FN3O4S2-. The van der Waals surface area contributed by atoms with Crippen molar-refractivity contribution in [2.45, 2.75) is 43.9 Å². The van der Waals surface area contributed by atoms with Crippen LogP contribution >= 0.6 is 11.3 Å². The van der Waals surface area contributed by atoms with Crippen LogP contribution < -0.4 is 10.2 Å². The number of halogens is 1. The highest BCUT2D eigenvalue weighted by Gasteiger charge is 2.30. The quantitative estimate of drug-likeness (QED) is 0.529. The van der Waals surface area contributed by atoms with Gasteiger partial charge in [0.05, 0.1) is 12.1 Å². The zero-order valence-corrected chi connectivity index (χ0v) is 20.5. The Morgan fingerprint density at radius 3 is 2.56 bits per heavy atom. The summed E-state index contributed by atoms with van der Waals surface area (Å²) in [5.74, 6) is -1.46. The van der Waals surface area contributed by atoms with Crippen molar-refractivity contribution in [3.05, 3.63) is 70.0 Å². The van der Waals surface area contributed by atoms with Crippen molar-refractivity contribution in [2.24, 2.45) is 0 Å². The second-order valence-electron chi connectivity index (χ2n) is 9.01. The van der Waals surface area contributed by atoms with E-state index in [9.17, 15) is 22.7 Å². The molecule has 0 radical (unpaired) electrons. The number of anilines is 2. The summed E-state index contributed by atoms with van der Waals surface area (Å²) in [6.45, 7) is 6.87. The van der Waals surface area contributed by atoms with Gasteiger partial charge < -0.3 is 14.8 Å². The summed E-state index contributed by atoms with van der Waals surface area (Å²) in [5.41, 5.74) is 2.69. The molecule has 34 heavy (non-hydrogen) atoms. The van der Waals surface area contributed by atoms with E-state index in [1.807, 2.05) is 24.3 Å². The van der Waals surface area contributed by atoms with Crippen LogP contribution in [0.2, 0.25) is 0 Å². The van der Waals surface area contributed by atoms with Gasteiger partial charge in [0.15, 0.2) is 5.13 Å². The molecule has 2 amide bonds. The van der Waals surface area contributed by atoms with Gasteiger partial charge in [-0.15, -0.1) is 0 Å². The molecular weight excluding hydrogens is 477 g/mol. The van der Waals surface area contributed by atoms with Gasteiger partial charge in [-0.25, -0.2) is 9.37 Å². The van der Waals surface area contributed by atoms with E-state index in [0.717, 1.165) is 23.1 Å². The molecule has 2 heterocycles.